The van der Waals surface area contributed by atoms with Gasteiger partial charge in [-0.25, -0.2) is 4.99 Å². The van der Waals surface area contributed by atoms with Gasteiger partial charge in [0.15, 0.2) is 5.96 Å². The number of nitrogens with one attached hydrogen (secondary N) is 2. The van der Waals surface area contributed by atoms with Crippen LogP contribution in [-0.4, -0.2) is 37.2 Å². The van der Waals surface area contributed by atoms with Crippen molar-refractivity contribution in [2.24, 2.45) is 4.99 Å². The van der Waals surface area contributed by atoms with E-state index in [9.17, 15) is 0 Å². The van der Waals surface area contributed by atoms with Gasteiger partial charge in [-0.1, -0.05) is 19.4 Å². The van der Waals surface area contributed by atoms with E-state index in [1.165, 1.54) is 6.42 Å². The SMILES string of the molecule is CCCCOCCCNC(=NCc1cccc(C)n1)NCC.I. The Bertz CT molecular complexity index is 440. The maximum Gasteiger partial charge on any atom is 0.191 e. The zero-order valence-corrected chi connectivity index (χ0v) is 16.9. The summed E-state index contributed by atoms with van der Waals surface area (Å²) in [7, 11) is 0. The number of ether oxygens (including phenoxy) is 1. The van der Waals surface area contributed by atoms with Crippen molar-refractivity contribution in [2.45, 2.75) is 46.6 Å². The Morgan fingerprint density at radius 2 is 1.96 bits per heavy atom. The van der Waals surface area contributed by atoms with E-state index in [1.54, 1.807) is 0 Å². The minimum Gasteiger partial charge on any atom is -0.381 e. The molecule has 1 aromatic heterocycles. The molecule has 0 saturated heterocycles. The molecule has 6 heteroatoms. The summed E-state index contributed by atoms with van der Waals surface area (Å²) < 4.78 is 5.55. The third-order valence-corrected chi connectivity index (χ3v) is 3.09. The van der Waals surface area contributed by atoms with Crippen LogP contribution in [0.25, 0.3) is 0 Å². The van der Waals surface area contributed by atoms with E-state index < -0.39 is 0 Å². The number of rotatable bonds is 10. The van der Waals surface area contributed by atoms with Crippen LogP contribution in [0.1, 0.15) is 44.5 Å². The molecule has 2 N–H and O–H groups in total. The minimum absolute atomic E-state index is 0. The predicted octanol–water partition coefficient (Wildman–Crippen LogP) is 3.27. The maximum atomic E-state index is 5.55. The van der Waals surface area contributed by atoms with Crippen molar-refractivity contribution >= 4 is 29.9 Å². The summed E-state index contributed by atoms with van der Waals surface area (Å²) in [6.07, 6.45) is 3.31. The molecule has 1 heterocycles. The van der Waals surface area contributed by atoms with E-state index in [2.05, 4.69) is 34.5 Å². The molecule has 5 nitrogen and oxygen atoms in total. The highest BCUT2D eigenvalue weighted by molar-refractivity contribution is 14.0. The molecule has 0 amide bonds. The summed E-state index contributed by atoms with van der Waals surface area (Å²) >= 11 is 0. The molecule has 0 bridgehead atoms. The lowest BCUT2D eigenvalue weighted by Gasteiger charge is -2.11. The van der Waals surface area contributed by atoms with Gasteiger partial charge in [0.25, 0.3) is 0 Å². The van der Waals surface area contributed by atoms with Crippen LogP contribution in [-0.2, 0) is 11.3 Å². The third kappa shape index (κ3) is 11.3. The first-order valence-corrected chi connectivity index (χ1v) is 8.28. The summed E-state index contributed by atoms with van der Waals surface area (Å²) in [5.74, 6) is 0.833. The summed E-state index contributed by atoms with van der Waals surface area (Å²) in [5, 5.41) is 6.58. The van der Waals surface area contributed by atoms with Gasteiger partial charge in [0.05, 0.1) is 12.2 Å². The minimum atomic E-state index is 0. The smallest absolute Gasteiger partial charge is 0.191 e. The van der Waals surface area contributed by atoms with E-state index in [0.29, 0.717) is 6.54 Å². The van der Waals surface area contributed by atoms with E-state index in [0.717, 1.165) is 56.5 Å². The molecular weight excluding hydrogens is 403 g/mol. The Morgan fingerprint density at radius 3 is 2.65 bits per heavy atom. The molecule has 0 atom stereocenters. The van der Waals surface area contributed by atoms with Crippen LogP contribution in [0.4, 0.5) is 0 Å². The molecule has 132 valence electrons. The molecule has 23 heavy (non-hydrogen) atoms. The summed E-state index contributed by atoms with van der Waals surface area (Å²) in [5.41, 5.74) is 2.01. The van der Waals surface area contributed by atoms with Gasteiger partial charge in [-0.3, -0.25) is 4.98 Å². The molecule has 1 rings (SSSR count). The fourth-order valence-corrected chi connectivity index (χ4v) is 1.92. The van der Waals surface area contributed by atoms with Gasteiger partial charge in [-0.2, -0.15) is 0 Å². The number of hydrogen-bond donors (Lipinski definition) is 2. The molecule has 0 unspecified atom stereocenters. The summed E-state index contributed by atoms with van der Waals surface area (Å²) in [6, 6.07) is 6.01. The molecule has 0 spiro atoms. The lowest BCUT2D eigenvalue weighted by Crippen LogP contribution is -2.38. The van der Waals surface area contributed by atoms with Crippen molar-refractivity contribution in [3.05, 3.63) is 29.6 Å². The molecule has 0 radical (unpaired) electrons. The molecule has 0 aromatic carbocycles. The zero-order valence-electron chi connectivity index (χ0n) is 14.6. The van der Waals surface area contributed by atoms with Gasteiger partial charge in [0.1, 0.15) is 0 Å². The van der Waals surface area contributed by atoms with Crippen LogP contribution < -0.4 is 10.6 Å². The highest BCUT2D eigenvalue weighted by Gasteiger charge is 1.98. The number of aromatic nitrogens is 1. The van der Waals surface area contributed by atoms with Gasteiger partial charge in [0.2, 0.25) is 0 Å². The van der Waals surface area contributed by atoms with Crippen molar-refractivity contribution < 1.29 is 4.74 Å². The Morgan fingerprint density at radius 1 is 1.17 bits per heavy atom. The van der Waals surface area contributed by atoms with E-state index in [4.69, 9.17) is 4.74 Å². The zero-order chi connectivity index (χ0) is 16.0. The van der Waals surface area contributed by atoms with E-state index >= 15 is 0 Å². The Hall–Kier alpha value is -0.890. The lowest BCUT2D eigenvalue weighted by atomic mass is 10.3. The number of halogens is 1. The van der Waals surface area contributed by atoms with Crippen molar-refractivity contribution in [1.82, 2.24) is 15.6 Å². The van der Waals surface area contributed by atoms with Gasteiger partial charge in [0, 0.05) is 32.0 Å². The first-order valence-electron chi connectivity index (χ1n) is 8.28. The predicted molar refractivity (Wildman–Crippen MR) is 108 cm³/mol. The Kier molecular flexibility index (Phi) is 14.1. The lowest BCUT2D eigenvalue weighted by molar-refractivity contribution is 0.129. The van der Waals surface area contributed by atoms with Crippen LogP contribution in [0.15, 0.2) is 23.2 Å². The van der Waals surface area contributed by atoms with Crippen LogP contribution in [0.2, 0.25) is 0 Å². The topological polar surface area (TPSA) is 58.5 Å². The largest absolute Gasteiger partial charge is 0.381 e. The van der Waals surface area contributed by atoms with Crippen molar-refractivity contribution in [2.75, 3.05) is 26.3 Å². The number of hydrogen-bond acceptors (Lipinski definition) is 3. The van der Waals surface area contributed by atoms with Crippen LogP contribution in [0.5, 0.6) is 0 Å². The normalized spacial score (nSPS) is 11.0. The van der Waals surface area contributed by atoms with Crippen molar-refractivity contribution in [1.29, 1.82) is 0 Å². The highest BCUT2D eigenvalue weighted by Crippen LogP contribution is 1.99. The number of pyridine rings is 1. The first-order chi connectivity index (χ1) is 10.8. The van der Waals surface area contributed by atoms with Crippen LogP contribution >= 0.6 is 24.0 Å². The maximum absolute atomic E-state index is 5.55. The van der Waals surface area contributed by atoms with Gasteiger partial charge in [-0.05, 0) is 38.8 Å². The molecule has 0 aliphatic rings. The number of aliphatic imine (C=N–C) groups is 1. The highest BCUT2D eigenvalue weighted by atomic mass is 127. The molecular formula is C17H31IN4O. The molecule has 0 aliphatic carbocycles. The summed E-state index contributed by atoms with van der Waals surface area (Å²) in [6.45, 7) is 10.2. The second kappa shape index (κ2) is 14.7. The molecule has 0 saturated carbocycles. The molecule has 0 aliphatic heterocycles. The summed E-state index contributed by atoms with van der Waals surface area (Å²) in [4.78, 5) is 9.02. The monoisotopic (exact) mass is 434 g/mol. The van der Waals surface area contributed by atoms with Crippen LogP contribution in [0, 0.1) is 6.92 Å². The van der Waals surface area contributed by atoms with Crippen molar-refractivity contribution in [3.63, 3.8) is 0 Å². The standard InChI is InChI=1S/C17H30N4O.HI/c1-4-6-12-22-13-8-11-19-17(18-5-2)20-14-16-10-7-9-15(3)21-16;/h7,9-10H,4-6,8,11-14H2,1-3H3,(H2,18,19,20);1H. The molecule has 0 fully saturated rings. The average molecular weight is 434 g/mol. The van der Waals surface area contributed by atoms with Crippen molar-refractivity contribution in [3.8, 4) is 0 Å². The second-order valence-electron chi connectivity index (χ2n) is 5.21. The second-order valence-corrected chi connectivity index (χ2v) is 5.21. The fraction of sp³-hybridized carbons (Fsp3) is 0.647. The fourth-order valence-electron chi connectivity index (χ4n) is 1.92. The van der Waals surface area contributed by atoms with Crippen LogP contribution in [0.3, 0.4) is 0 Å². The first kappa shape index (κ1) is 22.1. The third-order valence-electron chi connectivity index (χ3n) is 3.09. The number of unbranched alkanes of at least 4 members (excludes halogenated alkanes) is 1. The van der Waals surface area contributed by atoms with Gasteiger partial charge >= 0.3 is 0 Å². The average Bonchev–Trinajstić information content (AvgIpc) is 2.51. The number of nitrogens with zero attached hydrogens (tertiary/aromatic N) is 2. The number of aryl methyl sites for hydroxylation is 1. The number of guanidine groups is 1. The molecule has 1 aromatic rings. The Balaban J connectivity index is 0.00000484. The quantitative estimate of drug-likeness (QED) is 0.257. The van der Waals surface area contributed by atoms with Gasteiger partial charge in [-0.15, -0.1) is 24.0 Å². The van der Waals surface area contributed by atoms with E-state index in [-0.39, 0.29) is 24.0 Å². The van der Waals surface area contributed by atoms with E-state index in [1.807, 2.05) is 25.1 Å². The Labute approximate surface area is 157 Å². The van der Waals surface area contributed by atoms with Gasteiger partial charge < -0.3 is 15.4 Å².